The molecule has 2 aromatic rings. The fraction of sp³-hybridized carbons (Fsp3) is 0.375. The van der Waals surface area contributed by atoms with E-state index in [0.717, 1.165) is 23.2 Å². The molecule has 0 bridgehead atoms. The van der Waals surface area contributed by atoms with Crippen molar-refractivity contribution >= 4 is 23.2 Å². The smallest absolute Gasteiger partial charge is 0.243 e. The molecule has 1 amide bonds. The van der Waals surface area contributed by atoms with Crippen LogP contribution in [0, 0.1) is 13.8 Å². The zero-order valence-corrected chi connectivity index (χ0v) is 13.4. The molecule has 1 heterocycles. The van der Waals surface area contributed by atoms with Crippen molar-refractivity contribution in [3.63, 3.8) is 0 Å². The van der Waals surface area contributed by atoms with Gasteiger partial charge in [-0.25, -0.2) is 0 Å². The number of rotatable bonds is 5. The molecule has 0 atom stereocenters. The summed E-state index contributed by atoms with van der Waals surface area (Å²) in [6.45, 7) is 6.56. The number of hydrogen-bond donors (Lipinski definition) is 0. The number of nitrogens with zero attached hydrogens (tertiary/aromatic N) is 3. The van der Waals surface area contributed by atoms with Crippen LogP contribution < -0.4 is 4.90 Å². The van der Waals surface area contributed by atoms with Crippen LogP contribution in [0.5, 0.6) is 0 Å². The Morgan fingerprint density at radius 2 is 2.14 bits per heavy atom. The number of aryl methyl sites for hydroxylation is 3. The number of anilines is 1. The van der Waals surface area contributed by atoms with Crippen molar-refractivity contribution in [1.29, 1.82) is 0 Å². The van der Waals surface area contributed by atoms with E-state index in [9.17, 15) is 4.79 Å². The lowest BCUT2D eigenvalue weighted by Crippen LogP contribution is -2.35. The van der Waals surface area contributed by atoms with E-state index in [0.29, 0.717) is 6.67 Å². The molecule has 0 fully saturated rings. The van der Waals surface area contributed by atoms with Crippen LogP contribution in [0.15, 0.2) is 30.6 Å². The van der Waals surface area contributed by atoms with Gasteiger partial charge in [-0.2, -0.15) is 5.10 Å². The molecule has 2 rings (SSSR count). The zero-order chi connectivity index (χ0) is 15.4. The minimum absolute atomic E-state index is 0.0439. The topological polar surface area (TPSA) is 38.1 Å². The number of benzene rings is 1. The molecule has 0 aliphatic rings. The Morgan fingerprint density at radius 1 is 1.38 bits per heavy atom. The van der Waals surface area contributed by atoms with Crippen molar-refractivity contribution in [3.8, 4) is 0 Å². The molecule has 0 aliphatic heterocycles. The van der Waals surface area contributed by atoms with Gasteiger partial charge in [-0.1, -0.05) is 24.6 Å². The van der Waals surface area contributed by atoms with Crippen LogP contribution in [-0.4, -0.2) is 21.6 Å². The van der Waals surface area contributed by atoms with Crippen LogP contribution in [0.25, 0.3) is 0 Å². The van der Waals surface area contributed by atoms with Gasteiger partial charge in [0.15, 0.2) is 0 Å². The fourth-order valence-corrected chi connectivity index (χ4v) is 2.72. The normalized spacial score (nSPS) is 10.7. The molecule has 1 aromatic carbocycles. The Bertz CT molecular complexity index is 623. The summed E-state index contributed by atoms with van der Waals surface area (Å²) in [6.07, 6.45) is 4.40. The first-order chi connectivity index (χ1) is 10.1. The van der Waals surface area contributed by atoms with Crippen molar-refractivity contribution < 1.29 is 4.79 Å². The Balaban J connectivity index is 2.48. The number of carbonyl (C=O) groups excluding carboxylic acids is 1. The second kappa shape index (κ2) is 6.76. The van der Waals surface area contributed by atoms with Gasteiger partial charge in [0.2, 0.25) is 5.91 Å². The quantitative estimate of drug-likeness (QED) is 0.795. The van der Waals surface area contributed by atoms with Crippen LogP contribution in [0.2, 0.25) is 0 Å². The molecule has 0 radical (unpaired) electrons. The van der Waals surface area contributed by atoms with E-state index < -0.39 is 0 Å². The monoisotopic (exact) mass is 305 g/mol. The van der Waals surface area contributed by atoms with Crippen LogP contribution in [0.1, 0.15) is 23.6 Å². The van der Waals surface area contributed by atoms with E-state index in [1.54, 1.807) is 15.8 Å². The van der Waals surface area contributed by atoms with Crippen LogP contribution in [0.4, 0.5) is 5.69 Å². The number of alkyl halides is 1. The van der Waals surface area contributed by atoms with Crippen molar-refractivity contribution in [2.24, 2.45) is 0 Å². The molecular formula is C16H20ClN3O. The summed E-state index contributed by atoms with van der Waals surface area (Å²) < 4.78 is 1.73. The van der Waals surface area contributed by atoms with E-state index in [-0.39, 0.29) is 11.8 Å². The van der Waals surface area contributed by atoms with Crippen LogP contribution >= 0.6 is 11.6 Å². The third kappa shape index (κ3) is 3.45. The average molecular weight is 306 g/mol. The molecule has 0 unspecified atom stereocenters. The summed E-state index contributed by atoms with van der Waals surface area (Å²) in [6, 6.07) is 6.05. The SMILES string of the molecule is CCc1cc(C)cc(C)c1N(Cn1cccn1)C(=O)CCl. The summed E-state index contributed by atoms with van der Waals surface area (Å²) in [7, 11) is 0. The lowest BCUT2D eigenvalue weighted by atomic mass is 10.0. The van der Waals surface area contributed by atoms with Gasteiger partial charge in [0, 0.05) is 12.4 Å². The predicted molar refractivity (Wildman–Crippen MR) is 85.7 cm³/mol. The highest BCUT2D eigenvalue weighted by Gasteiger charge is 2.20. The van der Waals surface area contributed by atoms with Crippen molar-refractivity contribution in [1.82, 2.24) is 9.78 Å². The lowest BCUT2D eigenvalue weighted by Gasteiger charge is -2.26. The number of amides is 1. The predicted octanol–water partition coefficient (Wildman–Crippen LogP) is 3.29. The van der Waals surface area contributed by atoms with Gasteiger partial charge in [0.1, 0.15) is 12.5 Å². The standard InChI is InChI=1S/C16H20ClN3O/c1-4-14-9-12(2)8-13(3)16(14)20(15(21)10-17)11-19-7-5-6-18-19/h5-9H,4,10-11H2,1-3H3. The van der Waals surface area contributed by atoms with Crippen molar-refractivity contribution in [2.45, 2.75) is 33.9 Å². The van der Waals surface area contributed by atoms with Gasteiger partial charge in [-0.05, 0) is 37.5 Å². The van der Waals surface area contributed by atoms with Gasteiger partial charge in [0.25, 0.3) is 0 Å². The third-order valence-corrected chi connectivity index (χ3v) is 3.66. The Morgan fingerprint density at radius 3 is 2.71 bits per heavy atom. The highest BCUT2D eigenvalue weighted by Crippen LogP contribution is 2.28. The van der Waals surface area contributed by atoms with Crippen LogP contribution in [-0.2, 0) is 17.9 Å². The van der Waals surface area contributed by atoms with Gasteiger partial charge in [-0.15, -0.1) is 11.6 Å². The third-order valence-electron chi connectivity index (χ3n) is 3.44. The molecule has 112 valence electrons. The molecule has 21 heavy (non-hydrogen) atoms. The van der Waals surface area contributed by atoms with Gasteiger partial charge in [0.05, 0.1) is 5.69 Å². The number of hydrogen-bond acceptors (Lipinski definition) is 2. The molecule has 4 nitrogen and oxygen atoms in total. The van der Waals surface area contributed by atoms with Crippen molar-refractivity contribution in [3.05, 3.63) is 47.3 Å². The number of halogens is 1. The second-order valence-electron chi connectivity index (χ2n) is 5.09. The van der Waals surface area contributed by atoms with Gasteiger partial charge in [-0.3, -0.25) is 14.4 Å². The summed E-state index contributed by atoms with van der Waals surface area (Å²) in [5.74, 6) is -0.161. The zero-order valence-electron chi connectivity index (χ0n) is 12.6. The number of aromatic nitrogens is 2. The van der Waals surface area contributed by atoms with Gasteiger partial charge >= 0.3 is 0 Å². The summed E-state index contributed by atoms with van der Waals surface area (Å²) in [4.78, 5) is 14.0. The maximum absolute atomic E-state index is 12.3. The molecule has 5 heteroatoms. The fourth-order valence-electron chi connectivity index (χ4n) is 2.58. The Labute approximate surface area is 130 Å². The average Bonchev–Trinajstić information content (AvgIpc) is 2.96. The second-order valence-corrected chi connectivity index (χ2v) is 5.35. The highest BCUT2D eigenvalue weighted by molar-refractivity contribution is 6.29. The molecular weight excluding hydrogens is 286 g/mol. The lowest BCUT2D eigenvalue weighted by molar-refractivity contribution is -0.116. The van der Waals surface area contributed by atoms with E-state index >= 15 is 0 Å². The molecule has 1 aromatic heterocycles. The largest absolute Gasteiger partial charge is 0.291 e. The van der Waals surface area contributed by atoms with Gasteiger partial charge < -0.3 is 0 Å². The van der Waals surface area contributed by atoms with E-state index in [4.69, 9.17) is 11.6 Å². The molecule has 0 spiro atoms. The van der Waals surface area contributed by atoms with Crippen LogP contribution in [0.3, 0.4) is 0 Å². The summed E-state index contributed by atoms with van der Waals surface area (Å²) >= 11 is 5.80. The first-order valence-electron chi connectivity index (χ1n) is 7.00. The summed E-state index contributed by atoms with van der Waals surface area (Å²) in [5.41, 5.74) is 4.38. The van der Waals surface area contributed by atoms with E-state index in [1.807, 2.05) is 19.2 Å². The number of carbonyl (C=O) groups is 1. The molecule has 0 saturated heterocycles. The first-order valence-corrected chi connectivity index (χ1v) is 7.54. The summed E-state index contributed by atoms with van der Waals surface area (Å²) in [5, 5.41) is 4.18. The highest BCUT2D eigenvalue weighted by atomic mass is 35.5. The Hall–Kier alpha value is -1.81. The van der Waals surface area contributed by atoms with Crippen molar-refractivity contribution in [2.75, 3.05) is 10.8 Å². The minimum atomic E-state index is -0.117. The Kier molecular flexibility index (Phi) is 5.02. The maximum Gasteiger partial charge on any atom is 0.243 e. The van der Waals surface area contributed by atoms with E-state index in [1.165, 1.54) is 5.56 Å². The molecule has 0 saturated carbocycles. The first kappa shape index (κ1) is 15.6. The maximum atomic E-state index is 12.3. The minimum Gasteiger partial charge on any atom is -0.291 e. The molecule has 0 aliphatic carbocycles. The van der Waals surface area contributed by atoms with E-state index in [2.05, 4.69) is 31.1 Å². The molecule has 0 N–H and O–H groups in total.